The van der Waals surface area contributed by atoms with Crippen molar-refractivity contribution in [1.29, 1.82) is 0 Å². The lowest BCUT2D eigenvalue weighted by molar-refractivity contribution is 1.08. The minimum atomic E-state index is 0.613. The molecular weight excluding hydrogens is 554 g/mol. The fourth-order valence-corrected chi connectivity index (χ4v) is 7.03. The number of benzene rings is 6. The number of nitrogens with zero attached hydrogens (tertiary/aromatic N) is 3. The second-order valence-electron chi connectivity index (χ2n) is 10.2. The van der Waals surface area contributed by atoms with Gasteiger partial charge < -0.3 is 0 Å². The van der Waals surface area contributed by atoms with Gasteiger partial charge in [0.15, 0.2) is 17.5 Å². The van der Waals surface area contributed by atoms with Crippen molar-refractivity contribution in [2.45, 2.75) is 0 Å². The molecule has 8 aromatic rings. The average Bonchev–Trinajstić information content (AvgIpc) is 3.43. The number of fused-ring (bicyclic) bond motifs is 4. The van der Waals surface area contributed by atoms with Crippen LogP contribution in [-0.2, 0) is 0 Å². The Hall–Kier alpha value is -4.90. The van der Waals surface area contributed by atoms with Gasteiger partial charge >= 0.3 is 0 Å². The Bertz CT molecular complexity index is 2260. The maximum absolute atomic E-state index is 6.86. The van der Waals surface area contributed by atoms with Crippen molar-refractivity contribution in [3.05, 3.63) is 138 Å². The van der Waals surface area contributed by atoms with Crippen LogP contribution in [0.1, 0.15) is 0 Å². The second kappa shape index (κ2) is 10.2. The van der Waals surface area contributed by atoms with E-state index in [0.29, 0.717) is 22.5 Å². The molecule has 0 saturated heterocycles. The summed E-state index contributed by atoms with van der Waals surface area (Å²) in [4.78, 5) is 15.3. The zero-order valence-electron chi connectivity index (χ0n) is 22.3. The highest BCUT2D eigenvalue weighted by Gasteiger charge is 2.20. The van der Waals surface area contributed by atoms with Crippen molar-refractivity contribution in [3.8, 4) is 45.3 Å². The number of rotatable bonds is 4. The summed E-state index contributed by atoms with van der Waals surface area (Å²) < 4.78 is 2.48. The van der Waals surface area contributed by atoms with Gasteiger partial charge in [-0.15, -0.1) is 11.3 Å². The van der Waals surface area contributed by atoms with Gasteiger partial charge in [-0.2, -0.15) is 0 Å². The van der Waals surface area contributed by atoms with Crippen LogP contribution in [0.25, 0.3) is 76.2 Å². The molecule has 0 unspecified atom stereocenters. The van der Waals surface area contributed by atoms with Crippen molar-refractivity contribution < 1.29 is 0 Å². The third kappa shape index (κ3) is 4.24. The van der Waals surface area contributed by atoms with Crippen molar-refractivity contribution in [2.75, 3.05) is 0 Å². The summed E-state index contributed by atoms with van der Waals surface area (Å²) in [6, 6.07) is 45.6. The van der Waals surface area contributed by atoms with Gasteiger partial charge in [0.05, 0.1) is 0 Å². The monoisotopic (exact) mass is 575 g/mol. The van der Waals surface area contributed by atoms with E-state index in [2.05, 4.69) is 60.7 Å². The van der Waals surface area contributed by atoms with Crippen LogP contribution >= 0.6 is 22.9 Å². The lowest BCUT2D eigenvalue weighted by atomic mass is 9.93. The summed E-state index contributed by atoms with van der Waals surface area (Å²) in [5.74, 6) is 1.88. The Morgan fingerprint density at radius 2 is 1.00 bits per heavy atom. The first-order valence-corrected chi connectivity index (χ1v) is 14.9. The maximum atomic E-state index is 6.86. The summed E-state index contributed by atoms with van der Waals surface area (Å²) in [6.45, 7) is 0. The van der Waals surface area contributed by atoms with Crippen molar-refractivity contribution >= 4 is 53.9 Å². The third-order valence-electron chi connectivity index (χ3n) is 7.61. The van der Waals surface area contributed by atoms with Crippen LogP contribution in [0, 0.1) is 0 Å². The molecule has 0 aliphatic heterocycles. The first kappa shape index (κ1) is 24.9. The van der Waals surface area contributed by atoms with Crippen LogP contribution in [0.4, 0.5) is 0 Å². The van der Waals surface area contributed by atoms with Gasteiger partial charge in [-0.1, -0.05) is 127 Å². The smallest absolute Gasteiger partial charge is 0.165 e. The largest absolute Gasteiger partial charge is 0.208 e. The number of hydrogen-bond acceptors (Lipinski definition) is 4. The van der Waals surface area contributed by atoms with Gasteiger partial charge in [0.1, 0.15) is 0 Å². The molecule has 2 heterocycles. The van der Waals surface area contributed by atoms with Crippen LogP contribution in [-0.4, -0.2) is 15.0 Å². The lowest BCUT2D eigenvalue weighted by Crippen LogP contribution is -2.02. The van der Waals surface area contributed by atoms with E-state index in [1.54, 1.807) is 11.3 Å². The summed E-state index contributed by atoms with van der Waals surface area (Å²) in [7, 11) is 0. The molecule has 0 saturated carbocycles. The first-order valence-electron chi connectivity index (χ1n) is 13.7. The van der Waals surface area contributed by atoms with Crippen LogP contribution < -0.4 is 0 Å². The molecule has 0 bridgehead atoms. The predicted molar refractivity (Wildman–Crippen MR) is 177 cm³/mol. The fraction of sp³-hybridized carbons (Fsp3) is 0. The summed E-state index contributed by atoms with van der Waals surface area (Å²) in [5.41, 5.74) is 4.86. The Morgan fingerprint density at radius 1 is 0.429 bits per heavy atom. The molecule has 0 spiro atoms. The van der Waals surface area contributed by atoms with Crippen LogP contribution in [0.5, 0.6) is 0 Å². The zero-order valence-corrected chi connectivity index (χ0v) is 23.9. The molecule has 198 valence electrons. The number of thiophene rings is 1. The van der Waals surface area contributed by atoms with Gasteiger partial charge in [-0.25, -0.2) is 15.0 Å². The first-order chi connectivity index (χ1) is 20.7. The molecule has 0 atom stereocenters. The summed E-state index contributed by atoms with van der Waals surface area (Å²) in [5, 5.41) is 5.17. The molecule has 6 aromatic carbocycles. The minimum Gasteiger partial charge on any atom is -0.208 e. The molecule has 2 aromatic heterocycles. The SMILES string of the molecule is Clc1cc(-c2ccccc2)c(-c2nc(-c3ccccc3)nc(-c3ccc4c(c3)sc3ccccc34)n2)c2ccccc12. The van der Waals surface area contributed by atoms with E-state index >= 15 is 0 Å². The molecule has 42 heavy (non-hydrogen) atoms. The molecule has 0 fully saturated rings. The summed E-state index contributed by atoms with van der Waals surface area (Å²) >= 11 is 8.65. The Kier molecular flexibility index (Phi) is 6.03. The van der Waals surface area contributed by atoms with Gasteiger partial charge in [0.2, 0.25) is 0 Å². The van der Waals surface area contributed by atoms with Crippen molar-refractivity contribution in [2.24, 2.45) is 0 Å². The number of aromatic nitrogens is 3. The normalized spacial score (nSPS) is 11.5. The molecule has 0 N–H and O–H groups in total. The van der Waals surface area contributed by atoms with E-state index in [1.165, 1.54) is 20.2 Å². The average molecular weight is 576 g/mol. The Balaban J connectivity index is 1.42. The number of hydrogen-bond donors (Lipinski definition) is 0. The highest BCUT2D eigenvalue weighted by atomic mass is 35.5. The van der Waals surface area contributed by atoms with Crippen LogP contribution in [0.2, 0.25) is 5.02 Å². The van der Waals surface area contributed by atoms with E-state index in [0.717, 1.165) is 38.6 Å². The standard InChI is InChI=1S/C37H22ClN3S/c38-31-22-30(23-11-3-1-4-12-23)34(29-17-8-7-15-26(29)31)37-40-35(24-13-5-2-6-14-24)39-36(41-37)25-19-20-28-27-16-9-10-18-32(27)42-33(28)21-25/h1-22H. The highest BCUT2D eigenvalue weighted by Crippen LogP contribution is 2.42. The molecule has 8 rings (SSSR count). The molecule has 0 aliphatic rings. The van der Waals surface area contributed by atoms with E-state index in [9.17, 15) is 0 Å². The quantitative estimate of drug-likeness (QED) is 0.209. The molecule has 5 heteroatoms. The Morgan fingerprint density at radius 3 is 1.76 bits per heavy atom. The zero-order chi connectivity index (χ0) is 28.0. The molecule has 3 nitrogen and oxygen atoms in total. The van der Waals surface area contributed by atoms with Crippen LogP contribution in [0.15, 0.2) is 133 Å². The van der Waals surface area contributed by atoms with E-state index < -0.39 is 0 Å². The second-order valence-corrected chi connectivity index (χ2v) is 11.7. The van der Waals surface area contributed by atoms with Gasteiger partial charge in [0.25, 0.3) is 0 Å². The molecule has 0 amide bonds. The topological polar surface area (TPSA) is 38.7 Å². The van der Waals surface area contributed by atoms with Crippen molar-refractivity contribution in [1.82, 2.24) is 15.0 Å². The predicted octanol–water partition coefficient (Wildman–Crippen LogP) is 10.7. The maximum Gasteiger partial charge on any atom is 0.165 e. The third-order valence-corrected chi connectivity index (χ3v) is 9.05. The molecule has 0 aliphatic carbocycles. The van der Waals surface area contributed by atoms with Gasteiger partial charge in [0, 0.05) is 47.3 Å². The van der Waals surface area contributed by atoms with Gasteiger partial charge in [-0.05, 0) is 34.7 Å². The van der Waals surface area contributed by atoms with Gasteiger partial charge in [-0.3, -0.25) is 0 Å². The summed E-state index contributed by atoms with van der Waals surface area (Å²) in [6.07, 6.45) is 0. The van der Waals surface area contributed by atoms with Crippen LogP contribution in [0.3, 0.4) is 0 Å². The number of halogens is 1. The minimum absolute atomic E-state index is 0.613. The van der Waals surface area contributed by atoms with Crippen molar-refractivity contribution in [3.63, 3.8) is 0 Å². The molecule has 0 radical (unpaired) electrons. The van der Waals surface area contributed by atoms with E-state index in [4.69, 9.17) is 26.6 Å². The fourth-order valence-electron chi connectivity index (χ4n) is 5.62. The molecular formula is C37H22ClN3S. The van der Waals surface area contributed by atoms with E-state index in [-0.39, 0.29) is 0 Å². The Labute approximate surface area is 251 Å². The highest BCUT2D eigenvalue weighted by molar-refractivity contribution is 7.25. The lowest BCUT2D eigenvalue weighted by Gasteiger charge is -2.16. The van der Waals surface area contributed by atoms with E-state index in [1.807, 2.05) is 72.8 Å².